The number of carbonyl (C=O) groups excluding carboxylic acids is 2. The van der Waals surface area contributed by atoms with Gasteiger partial charge in [-0.15, -0.1) is 20.5 Å². The van der Waals surface area contributed by atoms with Crippen LogP contribution in [0.4, 0.5) is 34.1 Å². The number of hydrogen-bond donors (Lipinski definition) is 4. The number of phenolic OH excluding ortho intramolecular Hbond substituents is 2. The molecule has 0 aromatic heterocycles. The Hall–Kier alpha value is -7.40. The van der Waals surface area contributed by atoms with Crippen molar-refractivity contribution in [3.63, 3.8) is 0 Å². The van der Waals surface area contributed by atoms with Gasteiger partial charge >= 0.3 is 0 Å². The van der Waals surface area contributed by atoms with Crippen molar-refractivity contribution in [3.8, 4) is 22.6 Å². The number of halogens is 2. The highest BCUT2D eigenvalue weighted by molar-refractivity contribution is 6.33. The number of rotatable bonds is 11. The maximum atomic E-state index is 13.6. The summed E-state index contributed by atoms with van der Waals surface area (Å²) in [5, 5.41) is 49.5. The molecule has 62 heavy (non-hydrogen) atoms. The van der Waals surface area contributed by atoms with Crippen molar-refractivity contribution in [1.29, 1.82) is 0 Å². The van der Waals surface area contributed by atoms with Crippen LogP contribution >= 0.6 is 23.2 Å². The van der Waals surface area contributed by atoms with Crippen molar-refractivity contribution < 1.29 is 19.8 Å². The molecule has 0 bridgehead atoms. The quantitative estimate of drug-likeness (QED) is 0.0958. The number of carbonyl (C=O) groups is 2. The zero-order chi connectivity index (χ0) is 43.3. The number of aromatic hydroxyl groups is 2. The van der Waals surface area contributed by atoms with Crippen molar-refractivity contribution in [1.82, 2.24) is 0 Å². The minimum absolute atomic E-state index is 0.0352. The highest BCUT2D eigenvalue weighted by Crippen LogP contribution is 2.42. The number of benzene rings is 8. The van der Waals surface area contributed by atoms with Crippen molar-refractivity contribution >= 4 is 90.7 Å². The van der Waals surface area contributed by atoms with Gasteiger partial charge in [-0.25, -0.2) is 0 Å². The smallest absolute Gasteiger partial charge is 0.259 e. The minimum atomic E-state index is -0.526. The largest absolute Gasteiger partial charge is 0.505 e. The molecule has 0 aliphatic heterocycles. The van der Waals surface area contributed by atoms with Crippen molar-refractivity contribution in [3.05, 3.63) is 178 Å². The summed E-state index contributed by atoms with van der Waals surface area (Å²) in [6.45, 7) is 4.05. The van der Waals surface area contributed by atoms with E-state index >= 15 is 0 Å². The number of aryl methyl sites for hydroxylation is 2. The van der Waals surface area contributed by atoms with E-state index in [1.54, 1.807) is 60.7 Å². The zero-order valence-corrected chi connectivity index (χ0v) is 35.0. The molecule has 8 aromatic carbocycles. The summed E-state index contributed by atoms with van der Waals surface area (Å²) in [6, 6.07) is 43.3. The summed E-state index contributed by atoms with van der Waals surface area (Å²) >= 11 is 12.8. The van der Waals surface area contributed by atoms with Gasteiger partial charge in [0.05, 0.1) is 21.2 Å². The van der Waals surface area contributed by atoms with E-state index in [1.807, 2.05) is 98.8 Å². The zero-order valence-electron chi connectivity index (χ0n) is 33.5. The number of phenols is 2. The highest BCUT2D eigenvalue weighted by atomic mass is 35.5. The average molecular weight is 858 g/mol. The molecule has 0 aliphatic carbocycles. The summed E-state index contributed by atoms with van der Waals surface area (Å²) < 4.78 is 0. The first-order chi connectivity index (χ1) is 30.1. The van der Waals surface area contributed by atoms with E-state index in [4.69, 9.17) is 23.2 Å². The van der Waals surface area contributed by atoms with Crippen LogP contribution in [0.3, 0.4) is 0 Å². The lowest BCUT2D eigenvalue weighted by molar-refractivity contribution is 0.101. The van der Waals surface area contributed by atoms with Crippen LogP contribution in [0.2, 0.25) is 10.0 Å². The fourth-order valence-corrected chi connectivity index (χ4v) is 7.30. The van der Waals surface area contributed by atoms with Crippen LogP contribution in [0.5, 0.6) is 11.5 Å². The van der Waals surface area contributed by atoms with Crippen LogP contribution in [-0.2, 0) is 12.8 Å². The molecule has 8 rings (SSSR count). The second-order valence-corrected chi connectivity index (χ2v) is 15.2. The first kappa shape index (κ1) is 41.3. The summed E-state index contributed by atoms with van der Waals surface area (Å²) in [5.41, 5.74) is 6.09. The molecule has 12 heteroatoms. The summed E-state index contributed by atoms with van der Waals surface area (Å²) in [6.07, 6.45) is 1.58. The lowest BCUT2D eigenvalue weighted by Gasteiger charge is -2.12. The number of azo groups is 2. The number of hydrogen-bond acceptors (Lipinski definition) is 8. The highest BCUT2D eigenvalue weighted by Gasteiger charge is 2.21. The van der Waals surface area contributed by atoms with Gasteiger partial charge in [-0.2, -0.15) is 0 Å². The lowest BCUT2D eigenvalue weighted by Crippen LogP contribution is -2.12. The first-order valence-corrected chi connectivity index (χ1v) is 20.6. The molecular formula is C50H38Cl2N6O4. The molecule has 0 radical (unpaired) electrons. The van der Waals surface area contributed by atoms with Gasteiger partial charge in [-0.05, 0) is 107 Å². The molecule has 0 fully saturated rings. The Morgan fingerprint density at radius 1 is 0.500 bits per heavy atom. The molecule has 0 heterocycles. The molecule has 0 atom stereocenters. The van der Waals surface area contributed by atoms with Gasteiger partial charge in [-0.3, -0.25) is 9.59 Å². The van der Waals surface area contributed by atoms with Crippen LogP contribution in [0.25, 0.3) is 32.7 Å². The fraction of sp³-hybridized carbons (Fsp3) is 0.0800. The van der Waals surface area contributed by atoms with Crippen LogP contribution in [0, 0.1) is 0 Å². The lowest BCUT2D eigenvalue weighted by atomic mass is 10.0. The molecule has 8 aromatic rings. The van der Waals surface area contributed by atoms with E-state index in [2.05, 4.69) is 31.1 Å². The molecule has 0 saturated carbocycles. The molecule has 0 aliphatic rings. The molecule has 4 N–H and O–H groups in total. The van der Waals surface area contributed by atoms with Crippen LogP contribution in [0.1, 0.15) is 45.7 Å². The molecule has 0 spiro atoms. The van der Waals surface area contributed by atoms with Gasteiger partial charge in [-0.1, -0.05) is 122 Å². The molecule has 306 valence electrons. The van der Waals surface area contributed by atoms with Crippen molar-refractivity contribution in [2.75, 3.05) is 10.6 Å². The topological polar surface area (TPSA) is 148 Å². The van der Waals surface area contributed by atoms with E-state index in [1.165, 1.54) is 0 Å². The summed E-state index contributed by atoms with van der Waals surface area (Å²) in [7, 11) is 0. The van der Waals surface area contributed by atoms with E-state index in [-0.39, 0.29) is 34.0 Å². The van der Waals surface area contributed by atoms with Gasteiger partial charge in [0.2, 0.25) is 0 Å². The molecule has 2 amide bonds. The van der Waals surface area contributed by atoms with Crippen molar-refractivity contribution in [2.24, 2.45) is 20.5 Å². The third-order valence-electron chi connectivity index (χ3n) is 10.5. The molecule has 0 saturated heterocycles. The van der Waals surface area contributed by atoms with E-state index in [0.29, 0.717) is 54.3 Å². The summed E-state index contributed by atoms with van der Waals surface area (Å²) in [5.74, 6) is -1.67. The van der Waals surface area contributed by atoms with E-state index in [0.717, 1.165) is 35.1 Å². The number of amides is 2. The number of nitrogens with zero attached hydrogens (tertiary/aromatic N) is 4. The number of anilines is 2. The third kappa shape index (κ3) is 8.74. The van der Waals surface area contributed by atoms with Crippen molar-refractivity contribution in [2.45, 2.75) is 26.7 Å². The summed E-state index contributed by atoms with van der Waals surface area (Å²) in [4.78, 5) is 27.3. The van der Waals surface area contributed by atoms with Crippen LogP contribution < -0.4 is 10.6 Å². The Bertz CT molecular complexity index is 2870. The third-order valence-corrected chi connectivity index (χ3v) is 11.1. The maximum absolute atomic E-state index is 13.6. The van der Waals surface area contributed by atoms with Gasteiger partial charge in [0.1, 0.15) is 22.7 Å². The SMILES string of the molecule is CCc1ccc(Cl)c(N=Nc2c(O)c(C(=O)Nc3ccc(-c4ccc(NC(=O)c5cc6ccccc6c(N=Nc6cc(CC)ccc6Cl)c5O)cc4)cc3)cc3ccccc23)c1. The second-order valence-electron chi connectivity index (χ2n) is 14.4. The Balaban J connectivity index is 0.978. The molecular weight excluding hydrogens is 819 g/mol. The van der Waals surface area contributed by atoms with E-state index in [9.17, 15) is 19.8 Å². The van der Waals surface area contributed by atoms with Crippen LogP contribution in [-0.4, -0.2) is 22.0 Å². The van der Waals surface area contributed by atoms with Crippen LogP contribution in [0.15, 0.2) is 166 Å². The predicted octanol–water partition coefficient (Wildman–Crippen LogP) is 14.8. The van der Waals surface area contributed by atoms with Gasteiger partial charge in [0, 0.05) is 22.1 Å². The Morgan fingerprint density at radius 2 is 0.887 bits per heavy atom. The molecule has 0 unspecified atom stereocenters. The predicted molar refractivity (Wildman–Crippen MR) is 249 cm³/mol. The fourth-order valence-electron chi connectivity index (χ4n) is 6.99. The normalized spacial score (nSPS) is 11.5. The Morgan fingerprint density at radius 3 is 1.27 bits per heavy atom. The maximum Gasteiger partial charge on any atom is 0.259 e. The molecule has 10 nitrogen and oxygen atoms in total. The average Bonchev–Trinajstić information content (AvgIpc) is 3.29. The standard InChI is InChI=1S/C50H38Cl2N6O4/c1-3-29-13-23-41(51)43(25-29)55-57-45-37-11-7-5-9-33(37)27-39(47(45)59)49(61)53-35-19-15-31(16-20-35)32-17-21-36(22-18-32)54-50(62)40-28-34-10-6-8-12-38(34)46(48(40)60)58-56-44-26-30(4-2)14-24-42(44)52/h5-28,59-60H,3-4H2,1-2H3,(H,53,61)(H,54,62). The second kappa shape index (κ2) is 18.1. The monoisotopic (exact) mass is 856 g/mol. The van der Waals surface area contributed by atoms with Gasteiger partial charge < -0.3 is 20.8 Å². The van der Waals surface area contributed by atoms with Gasteiger partial charge in [0.25, 0.3) is 11.8 Å². The first-order valence-electron chi connectivity index (χ1n) is 19.8. The number of fused-ring (bicyclic) bond motifs is 2. The minimum Gasteiger partial charge on any atom is -0.505 e. The number of nitrogens with one attached hydrogen (secondary N) is 2. The Labute approximate surface area is 367 Å². The van der Waals surface area contributed by atoms with E-state index < -0.39 is 11.8 Å². The van der Waals surface area contributed by atoms with Gasteiger partial charge in [0.15, 0.2) is 11.5 Å². The Kier molecular flexibility index (Phi) is 12.0.